The maximum absolute atomic E-state index is 11.6. The van der Waals surface area contributed by atoms with Crippen molar-refractivity contribution < 1.29 is 9.21 Å². The van der Waals surface area contributed by atoms with E-state index < -0.39 is 0 Å². The van der Waals surface area contributed by atoms with Crippen LogP contribution in [0.25, 0.3) is 0 Å². The minimum absolute atomic E-state index is 0.0492. The zero-order valence-electron chi connectivity index (χ0n) is 8.37. The van der Waals surface area contributed by atoms with Crippen LogP contribution in [0.15, 0.2) is 16.8 Å². The van der Waals surface area contributed by atoms with E-state index in [-0.39, 0.29) is 11.8 Å². The summed E-state index contributed by atoms with van der Waals surface area (Å²) >= 11 is 0. The molecule has 0 saturated heterocycles. The molecule has 6 nitrogen and oxygen atoms in total. The Bertz CT molecular complexity index is 486. The smallest absolute Gasteiger partial charge is 0.311 e. The molecule has 0 radical (unpaired) electrons. The lowest BCUT2D eigenvalue weighted by Gasteiger charge is -1.98. The molecule has 2 rings (SSSR count). The molecule has 0 atom stereocenters. The molecule has 0 saturated carbocycles. The number of nitrogens with zero attached hydrogens (tertiary/aromatic N) is 2. The van der Waals surface area contributed by atoms with Gasteiger partial charge < -0.3 is 9.73 Å². The zero-order valence-corrected chi connectivity index (χ0v) is 8.37. The Balaban J connectivity index is 2.14. The van der Waals surface area contributed by atoms with Gasteiger partial charge in [0.25, 0.3) is 5.89 Å². The van der Waals surface area contributed by atoms with Gasteiger partial charge in [-0.25, -0.2) is 4.98 Å². The predicted octanol–water partition coefficient (Wildman–Crippen LogP) is 1.27. The molecule has 0 unspecified atom stereocenters. The van der Waals surface area contributed by atoms with Crippen LogP contribution in [0.1, 0.15) is 22.1 Å². The van der Waals surface area contributed by atoms with Crippen LogP contribution >= 0.6 is 0 Å². The molecule has 2 N–H and O–H groups in total. The van der Waals surface area contributed by atoms with Gasteiger partial charge in [-0.05, 0) is 13.8 Å². The number of carbonyl (C=O) groups is 1. The fourth-order valence-electron chi connectivity index (χ4n) is 1.11. The van der Waals surface area contributed by atoms with Crippen molar-refractivity contribution in [1.29, 1.82) is 0 Å². The summed E-state index contributed by atoms with van der Waals surface area (Å²) in [4.78, 5) is 15.4. The summed E-state index contributed by atoms with van der Waals surface area (Å²) in [6.07, 6.45) is 3.03. The predicted molar refractivity (Wildman–Crippen MR) is 52.5 cm³/mol. The molecular formula is C9H10N4O2. The minimum atomic E-state index is -0.382. The fourth-order valence-corrected chi connectivity index (χ4v) is 1.11. The molecule has 78 valence electrons. The summed E-state index contributed by atoms with van der Waals surface area (Å²) in [5.74, 6) is 0.268. The van der Waals surface area contributed by atoms with E-state index in [2.05, 4.69) is 20.5 Å². The van der Waals surface area contributed by atoms with Crippen molar-refractivity contribution in [1.82, 2.24) is 15.2 Å². The zero-order chi connectivity index (χ0) is 10.8. The Kier molecular flexibility index (Phi) is 2.24. The second-order valence-corrected chi connectivity index (χ2v) is 3.14. The molecule has 0 aliphatic rings. The van der Waals surface area contributed by atoms with Crippen LogP contribution in [0.2, 0.25) is 0 Å². The van der Waals surface area contributed by atoms with Crippen LogP contribution in [0, 0.1) is 13.8 Å². The molecule has 2 heterocycles. The lowest BCUT2D eigenvalue weighted by molar-refractivity contribution is 0.0989. The standard InChI is InChI=1S/C9H10N4O2/c1-5-3-10-9(15-5)8(14)12-7-4-11-13-6(7)2/h3-4H,1-2H3,(H,11,13)(H,12,14). The van der Waals surface area contributed by atoms with Gasteiger partial charge in [-0.1, -0.05) is 0 Å². The van der Waals surface area contributed by atoms with E-state index in [9.17, 15) is 4.79 Å². The number of carbonyl (C=O) groups excluding carboxylic acids is 1. The number of nitrogens with one attached hydrogen (secondary N) is 2. The molecule has 0 spiro atoms. The van der Waals surface area contributed by atoms with Crippen LogP contribution in [0.5, 0.6) is 0 Å². The van der Waals surface area contributed by atoms with E-state index in [0.29, 0.717) is 11.4 Å². The van der Waals surface area contributed by atoms with Crippen molar-refractivity contribution in [3.8, 4) is 0 Å². The molecule has 1 amide bonds. The molecule has 6 heteroatoms. The van der Waals surface area contributed by atoms with Crippen molar-refractivity contribution >= 4 is 11.6 Å². The van der Waals surface area contributed by atoms with Gasteiger partial charge in [-0.2, -0.15) is 5.10 Å². The van der Waals surface area contributed by atoms with E-state index in [4.69, 9.17) is 4.42 Å². The fraction of sp³-hybridized carbons (Fsp3) is 0.222. The third-order valence-electron chi connectivity index (χ3n) is 1.89. The van der Waals surface area contributed by atoms with Crippen LogP contribution in [0.4, 0.5) is 5.69 Å². The number of amides is 1. The average molecular weight is 206 g/mol. The van der Waals surface area contributed by atoms with E-state index in [1.165, 1.54) is 12.4 Å². The first-order valence-electron chi connectivity index (χ1n) is 4.40. The highest BCUT2D eigenvalue weighted by Crippen LogP contribution is 2.11. The Morgan fingerprint density at radius 1 is 1.47 bits per heavy atom. The van der Waals surface area contributed by atoms with Crippen molar-refractivity contribution in [3.63, 3.8) is 0 Å². The Morgan fingerprint density at radius 3 is 2.80 bits per heavy atom. The van der Waals surface area contributed by atoms with Crippen LogP contribution < -0.4 is 5.32 Å². The van der Waals surface area contributed by atoms with Gasteiger partial charge in [0, 0.05) is 0 Å². The highest BCUT2D eigenvalue weighted by atomic mass is 16.4. The Labute approximate surface area is 85.7 Å². The van der Waals surface area contributed by atoms with Crippen molar-refractivity contribution in [3.05, 3.63) is 29.7 Å². The van der Waals surface area contributed by atoms with Gasteiger partial charge in [0.2, 0.25) is 0 Å². The molecule has 0 aromatic carbocycles. The van der Waals surface area contributed by atoms with Gasteiger partial charge in [0.15, 0.2) is 0 Å². The number of aromatic amines is 1. The minimum Gasteiger partial charge on any atom is -0.438 e. The summed E-state index contributed by atoms with van der Waals surface area (Å²) in [5, 5.41) is 9.13. The number of oxazole rings is 1. The number of rotatable bonds is 2. The second-order valence-electron chi connectivity index (χ2n) is 3.14. The first kappa shape index (κ1) is 9.45. The number of hydrogen-bond donors (Lipinski definition) is 2. The molecule has 0 aliphatic heterocycles. The monoisotopic (exact) mass is 206 g/mol. The van der Waals surface area contributed by atoms with Gasteiger partial charge in [-0.15, -0.1) is 0 Å². The number of aryl methyl sites for hydroxylation is 2. The van der Waals surface area contributed by atoms with Crippen molar-refractivity contribution in [2.45, 2.75) is 13.8 Å². The third-order valence-corrected chi connectivity index (χ3v) is 1.89. The highest BCUT2D eigenvalue weighted by molar-refractivity contribution is 6.01. The van der Waals surface area contributed by atoms with Crippen LogP contribution in [-0.2, 0) is 0 Å². The van der Waals surface area contributed by atoms with Crippen molar-refractivity contribution in [2.24, 2.45) is 0 Å². The normalized spacial score (nSPS) is 10.3. The van der Waals surface area contributed by atoms with E-state index >= 15 is 0 Å². The summed E-state index contributed by atoms with van der Waals surface area (Å²) in [6.45, 7) is 3.54. The highest BCUT2D eigenvalue weighted by Gasteiger charge is 2.13. The first-order chi connectivity index (χ1) is 7.16. The second kappa shape index (κ2) is 3.56. The van der Waals surface area contributed by atoms with Crippen LogP contribution in [-0.4, -0.2) is 21.1 Å². The summed E-state index contributed by atoms with van der Waals surface area (Å²) in [6, 6.07) is 0. The van der Waals surface area contributed by atoms with E-state index in [1.807, 2.05) is 6.92 Å². The van der Waals surface area contributed by atoms with Gasteiger partial charge >= 0.3 is 5.91 Å². The number of aromatic nitrogens is 3. The summed E-state index contributed by atoms with van der Waals surface area (Å²) < 4.78 is 5.08. The lowest BCUT2D eigenvalue weighted by atomic mass is 10.4. The lowest BCUT2D eigenvalue weighted by Crippen LogP contribution is -2.12. The average Bonchev–Trinajstić information content (AvgIpc) is 2.77. The Hall–Kier alpha value is -2.11. The number of hydrogen-bond acceptors (Lipinski definition) is 4. The van der Waals surface area contributed by atoms with Gasteiger partial charge in [-0.3, -0.25) is 9.89 Å². The molecule has 0 aliphatic carbocycles. The topological polar surface area (TPSA) is 83.8 Å². The quantitative estimate of drug-likeness (QED) is 0.774. The number of anilines is 1. The third kappa shape index (κ3) is 1.88. The first-order valence-corrected chi connectivity index (χ1v) is 4.40. The summed E-state index contributed by atoms with van der Waals surface area (Å²) in [7, 11) is 0. The molecule has 15 heavy (non-hydrogen) atoms. The van der Waals surface area contributed by atoms with E-state index in [0.717, 1.165) is 5.69 Å². The van der Waals surface area contributed by atoms with E-state index in [1.54, 1.807) is 6.92 Å². The largest absolute Gasteiger partial charge is 0.438 e. The van der Waals surface area contributed by atoms with Gasteiger partial charge in [0.05, 0.1) is 23.8 Å². The molecule has 0 bridgehead atoms. The maximum atomic E-state index is 11.6. The van der Waals surface area contributed by atoms with Crippen LogP contribution in [0.3, 0.4) is 0 Å². The SMILES string of the molecule is Cc1cnc(C(=O)Nc2cn[nH]c2C)o1. The van der Waals surface area contributed by atoms with Crippen molar-refractivity contribution in [2.75, 3.05) is 5.32 Å². The molecular weight excluding hydrogens is 196 g/mol. The summed E-state index contributed by atoms with van der Waals surface area (Å²) in [5.41, 5.74) is 1.41. The maximum Gasteiger partial charge on any atom is 0.311 e. The Morgan fingerprint density at radius 2 is 2.27 bits per heavy atom. The molecule has 0 fully saturated rings. The molecule has 2 aromatic heterocycles. The van der Waals surface area contributed by atoms with Gasteiger partial charge in [0.1, 0.15) is 5.76 Å². The number of H-pyrrole nitrogens is 1. The molecule has 2 aromatic rings.